The Morgan fingerprint density at radius 3 is 2.65 bits per heavy atom. The second-order valence-corrected chi connectivity index (χ2v) is 8.04. The molecule has 0 bridgehead atoms. The van der Waals surface area contributed by atoms with Crippen molar-refractivity contribution >= 4 is 36.0 Å². The van der Waals surface area contributed by atoms with E-state index in [0.29, 0.717) is 25.1 Å². The van der Waals surface area contributed by atoms with Crippen LogP contribution in [0.2, 0.25) is 0 Å². The van der Waals surface area contributed by atoms with Gasteiger partial charge in [-0.2, -0.15) is 0 Å². The summed E-state index contributed by atoms with van der Waals surface area (Å²) in [6.07, 6.45) is 5.95. The van der Waals surface area contributed by atoms with Gasteiger partial charge in [0.25, 0.3) is 0 Å². The monoisotopic (exact) mass is 544 g/mol. The Hall–Kier alpha value is -1.62. The van der Waals surface area contributed by atoms with Crippen LogP contribution in [0, 0.1) is 5.92 Å². The van der Waals surface area contributed by atoms with E-state index in [1.54, 1.807) is 0 Å². The summed E-state index contributed by atoms with van der Waals surface area (Å²) in [5, 5.41) is 9.91. The van der Waals surface area contributed by atoms with Crippen molar-refractivity contribution in [2.75, 3.05) is 32.8 Å². The summed E-state index contributed by atoms with van der Waals surface area (Å²) in [6.45, 7) is 8.65. The minimum Gasteiger partial charge on any atom is -0.450 e. The Kier molecular flexibility index (Phi) is 11.3. The molecule has 0 aromatic carbocycles. The fourth-order valence-electron chi connectivity index (χ4n) is 3.79. The number of amides is 1. The molecule has 3 N–H and O–H groups in total. The van der Waals surface area contributed by atoms with Crippen molar-refractivity contribution in [3.05, 3.63) is 30.1 Å². The Bertz CT molecular complexity index is 678. The highest BCUT2D eigenvalue weighted by atomic mass is 127. The minimum atomic E-state index is -0.345. The number of aromatic nitrogens is 1. The molecule has 1 saturated heterocycles. The molecule has 1 aromatic rings. The lowest BCUT2D eigenvalue weighted by Gasteiger charge is -2.33. The number of ether oxygens (including phenoxy) is 1. The number of nitrogens with zero attached hydrogens (tertiary/aromatic N) is 3. The molecule has 1 unspecified atom stereocenters. The number of likely N-dealkylation sites (tertiary alicyclic amines) is 1. The average Bonchev–Trinajstić information content (AvgIpc) is 3.59. The van der Waals surface area contributed by atoms with Crippen molar-refractivity contribution < 1.29 is 9.53 Å². The zero-order valence-electron chi connectivity index (χ0n) is 18.7. The maximum absolute atomic E-state index is 11.8. The van der Waals surface area contributed by atoms with E-state index in [1.807, 2.05) is 25.3 Å². The van der Waals surface area contributed by atoms with E-state index >= 15 is 0 Å². The van der Waals surface area contributed by atoms with Gasteiger partial charge in [0, 0.05) is 38.4 Å². The average molecular weight is 544 g/mol. The predicted octanol–water partition coefficient (Wildman–Crippen LogP) is 2.74. The van der Waals surface area contributed by atoms with Crippen LogP contribution in [0.25, 0.3) is 0 Å². The van der Waals surface area contributed by atoms with E-state index in [2.05, 4.69) is 38.8 Å². The molecule has 1 aliphatic carbocycles. The van der Waals surface area contributed by atoms with Gasteiger partial charge in [-0.3, -0.25) is 14.9 Å². The zero-order valence-corrected chi connectivity index (χ0v) is 21.0. The van der Waals surface area contributed by atoms with Gasteiger partial charge in [0.1, 0.15) is 0 Å². The molecule has 0 radical (unpaired) electrons. The third kappa shape index (κ3) is 9.18. The molecule has 3 rings (SSSR count). The summed E-state index contributed by atoms with van der Waals surface area (Å²) in [7, 11) is 0. The van der Waals surface area contributed by atoms with Gasteiger partial charge in [-0.05, 0) is 57.6 Å². The fourth-order valence-corrected chi connectivity index (χ4v) is 3.79. The van der Waals surface area contributed by atoms with Crippen LogP contribution >= 0.6 is 24.0 Å². The van der Waals surface area contributed by atoms with Crippen molar-refractivity contribution in [1.29, 1.82) is 0 Å². The van der Waals surface area contributed by atoms with Gasteiger partial charge in [-0.25, -0.2) is 4.79 Å². The van der Waals surface area contributed by atoms with Crippen molar-refractivity contribution in [3.63, 3.8) is 0 Å². The highest BCUT2D eigenvalue weighted by Crippen LogP contribution is 2.32. The van der Waals surface area contributed by atoms with Gasteiger partial charge >= 0.3 is 6.09 Å². The molecule has 31 heavy (non-hydrogen) atoms. The van der Waals surface area contributed by atoms with Crippen LogP contribution in [0.3, 0.4) is 0 Å². The molecule has 2 heterocycles. The van der Waals surface area contributed by atoms with Crippen molar-refractivity contribution in [2.45, 2.75) is 58.2 Å². The van der Waals surface area contributed by atoms with E-state index < -0.39 is 0 Å². The number of hydrogen-bond donors (Lipinski definition) is 3. The number of alkyl carbamates (subject to hydrolysis) is 1. The summed E-state index contributed by atoms with van der Waals surface area (Å²) in [5.74, 6) is 1.34. The van der Waals surface area contributed by atoms with Crippen LogP contribution < -0.4 is 16.0 Å². The molecule has 1 aromatic heterocycles. The lowest BCUT2D eigenvalue weighted by Crippen LogP contribution is -2.49. The third-order valence-electron chi connectivity index (χ3n) is 5.60. The molecule has 2 aliphatic rings. The molecule has 174 valence electrons. The van der Waals surface area contributed by atoms with Crippen molar-refractivity contribution in [1.82, 2.24) is 25.8 Å². The first kappa shape index (κ1) is 25.6. The van der Waals surface area contributed by atoms with E-state index in [9.17, 15) is 4.79 Å². The summed E-state index contributed by atoms with van der Waals surface area (Å²) in [6, 6.07) is 6.53. The number of pyridine rings is 1. The van der Waals surface area contributed by atoms with Crippen molar-refractivity contribution in [3.8, 4) is 0 Å². The second kappa shape index (κ2) is 13.7. The van der Waals surface area contributed by atoms with Crippen LogP contribution in [-0.4, -0.2) is 66.8 Å². The predicted molar refractivity (Wildman–Crippen MR) is 134 cm³/mol. The van der Waals surface area contributed by atoms with Gasteiger partial charge in [-0.1, -0.05) is 6.07 Å². The number of piperidine rings is 1. The number of guanidine groups is 1. The lowest BCUT2D eigenvalue weighted by molar-refractivity contribution is 0.147. The molecule has 1 aliphatic heterocycles. The quantitative estimate of drug-likeness (QED) is 0.252. The number of rotatable bonds is 9. The van der Waals surface area contributed by atoms with E-state index in [-0.39, 0.29) is 36.1 Å². The van der Waals surface area contributed by atoms with Crippen LogP contribution in [-0.2, 0) is 11.3 Å². The zero-order chi connectivity index (χ0) is 21.2. The topological polar surface area (TPSA) is 90.9 Å². The molecular weight excluding hydrogens is 507 g/mol. The normalized spacial score (nSPS) is 18.6. The highest BCUT2D eigenvalue weighted by Gasteiger charge is 2.32. The van der Waals surface area contributed by atoms with Crippen LogP contribution in [0.15, 0.2) is 29.4 Å². The number of carbonyl (C=O) groups excluding carboxylic acids is 1. The first-order valence-electron chi connectivity index (χ1n) is 11.3. The number of halogens is 1. The summed E-state index contributed by atoms with van der Waals surface area (Å²) in [5.41, 5.74) is 1.12. The first-order chi connectivity index (χ1) is 14.7. The maximum atomic E-state index is 11.8. The number of aliphatic imine (C=N–C) groups is 1. The Morgan fingerprint density at radius 1 is 1.26 bits per heavy atom. The molecular formula is C22H37IN6O2. The van der Waals surface area contributed by atoms with E-state index in [4.69, 9.17) is 9.73 Å². The molecule has 1 amide bonds. The first-order valence-corrected chi connectivity index (χ1v) is 11.3. The van der Waals surface area contributed by atoms with Crippen molar-refractivity contribution in [2.24, 2.45) is 10.9 Å². The third-order valence-corrected chi connectivity index (χ3v) is 5.60. The largest absolute Gasteiger partial charge is 0.450 e. The van der Waals surface area contributed by atoms with Gasteiger partial charge in [0.15, 0.2) is 5.96 Å². The SMILES string of the molecule is CCNC(=NCC(NC(=O)OCC)C1CC1)NC1CCN(Cc2ccccn2)CC1.I. The molecule has 9 heteroatoms. The summed E-state index contributed by atoms with van der Waals surface area (Å²) < 4.78 is 5.04. The fraction of sp³-hybridized carbons (Fsp3) is 0.682. The molecule has 2 fully saturated rings. The minimum absolute atomic E-state index is 0. The van der Waals surface area contributed by atoms with Gasteiger partial charge < -0.3 is 20.7 Å². The van der Waals surface area contributed by atoms with E-state index in [0.717, 1.165) is 63.5 Å². The highest BCUT2D eigenvalue weighted by molar-refractivity contribution is 14.0. The number of carbonyl (C=O) groups is 1. The second-order valence-electron chi connectivity index (χ2n) is 8.04. The Morgan fingerprint density at radius 2 is 2.03 bits per heavy atom. The molecule has 8 nitrogen and oxygen atoms in total. The smallest absolute Gasteiger partial charge is 0.407 e. The van der Waals surface area contributed by atoms with Crippen LogP contribution in [0.1, 0.15) is 45.2 Å². The molecule has 1 saturated carbocycles. The summed E-state index contributed by atoms with van der Waals surface area (Å²) >= 11 is 0. The lowest BCUT2D eigenvalue weighted by atomic mass is 10.0. The Labute approximate surface area is 203 Å². The van der Waals surface area contributed by atoms with Crippen LogP contribution in [0.5, 0.6) is 0 Å². The summed E-state index contributed by atoms with van der Waals surface area (Å²) in [4.78, 5) is 23.5. The van der Waals surface area contributed by atoms with Gasteiger partial charge in [0.05, 0.1) is 24.9 Å². The van der Waals surface area contributed by atoms with E-state index in [1.165, 1.54) is 0 Å². The Balaban J connectivity index is 0.00000341. The number of hydrogen-bond acceptors (Lipinski definition) is 5. The van der Waals surface area contributed by atoms with Crippen LogP contribution in [0.4, 0.5) is 4.79 Å². The number of nitrogens with one attached hydrogen (secondary N) is 3. The molecule has 0 spiro atoms. The van der Waals surface area contributed by atoms with Gasteiger partial charge in [-0.15, -0.1) is 24.0 Å². The van der Waals surface area contributed by atoms with Gasteiger partial charge in [0.2, 0.25) is 0 Å². The standard InChI is InChI=1S/C22H36N6O2.HI/c1-3-23-21(25-15-20(17-8-9-17)27-22(29)30-4-2)26-18-10-13-28(14-11-18)16-19-7-5-6-12-24-19;/h5-7,12,17-18,20H,3-4,8-11,13-16H2,1-2H3,(H,27,29)(H2,23,25,26);1H. The maximum Gasteiger partial charge on any atom is 0.407 e. The molecule has 1 atom stereocenters.